The van der Waals surface area contributed by atoms with Crippen LogP contribution in [0.5, 0.6) is 0 Å². The van der Waals surface area contributed by atoms with Crippen molar-refractivity contribution in [2.75, 3.05) is 0 Å². The molecule has 30 heavy (non-hydrogen) atoms. The highest BCUT2D eigenvalue weighted by Gasteiger charge is 2.68. The average molecular weight is 424 g/mol. The van der Waals surface area contributed by atoms with E-state index in [0.29, 0.717) is 6.42 Å². The maximum absolute atomic E-state index is 12.5. The summed E-state index contributed by atoms with van der Waals surface area (Å²) < 4.78 is 16.9. The minimum absolute atomic E-state index is 0.103. The van der Waals surface area contributed by atoms with E-state index < -0.39 is 65.6 Å². The second kappa shape index (κ2) is 7.96. The van der Waals surface area contributed by atoms with Crippen LogP contribution in [-0.4, -0.2) is 58.6 Å². The number of carbonyl (C=O) groups excluding carboxylic acids is 3. The number of carbonyl (C=O) groups is 3. The fourth-order valence-electron chi connectivity index (χ4n) is 5.60. The Morgan fingerprint density at radius 2 is 1.97 bits per heavy atom. The van der Waals surface area contributed by atoms with Gasteiger partial charge in [-0.25, -0.2) is 4.79 Å². The van der Waals surface area contributed by atoms with Crippen molar-refractivity contribution in [1.29, 1.82) is 0 Å². The molecule has 8 nitrogen and oxygen atoms in total. The molecule has 0 bridgehead atoms. The highest BCUT2D eigenvalue weighted by Crippen LogP contribution is 2.58. The fourth-order valence-corrected chi connectivity index (χ4v) is 5.60. The zero-order valence-corrected chi connectivity index (χ0v) is 18.2. The smallest absolute Gasteiger partial charge is 0.334 e. The van der Waals surface area contributed by atoms with Gasteiger partial charge < -0.3 is 24.4 Å². The van der Waals surface area contributed by atoms with Crippen molar-refractivity contribution < 1.29 is 38.8 Å². The molecule has 0 aromatic carbocycles. The molecule has 10 atom stereocenters. The number of ether oxygens (including phenoxy) is 3. The lowest BCUT2D eigenvalue weighted by Gasteiger charge is -2.43. The highest BCUT2D eigenvalue weighted by molar-refractivity contribution is 5.91. The lowest BCUT2D eigenvalue weighted by atomic mass is 9.66. The summed E-state index contributed by atoms with van der Waals surface area (Å²) in [6.45, 7) is 12.2. The Labute approximate surface area is 176 Å². The normalized spacial score (nSPS) is 43.8. The van der Waals surface area contributed by atoms with Crippen molar-refractivity contribution in [2.45, 2.75) is 78.0 Å². The highest BCUT2D eigenvalue weighted by atomic mass is 16.6. The maximum atomic E-state index is 12.5. The van der Waals surface area contributed by atoms with E-state index in [2.05, 4.69) is 6.58 Å². The van der Waals surface area contributed by atoms with Gasteiger partial charge in [-0.3, -0.25) is 9.59 Å². The number of rotatable bonds is 4. The molecule has 168 valence electrons. The molecular weight excluding hydrogens is 392 g/mol. The van der Waals surface area contributed by atoms with Crippen molar-refractivity contribution in [3.05, 3.63) is 12.2 Å². The molecule has 1 aliphatic heterocycles. The second-order valence-corrected chi connectivity index (χ2v) is 9.23. The van der Waals surface area contributed by atoms with Gasteiger partial charge in [0.05, 0.1) is 24.0 Å². The predicted octanol–water partition coefficient (Wildman–Crippen LogP) is 1.37. The largest absolute Gasteiger partial charge is 0.462 e. The number of aliphatic hydroxyl groups is 2. The summed E-state index contributed by atoms with van der Waals surface area (Å²) in [5.74, 6) is -3.72. The first-order valence-electron chi connectivity index (χ1n) is 10.6. The Kier molecular flexibility index (Phi) is 6.04. The van der Waals surface area contributed by atoms with E-state index >= 15 is 0 Å². The molecule has 3 rings (SSSR count). The van der Waals surface area contributed by atoms with E-state index in [1.165, 1.54) is 6.92 Å². The molecule has 1 heterocycles. The molecule has 0 aromatic heterocycles. The van der Waals surface area contributed by atoms with Crippen molar-refractivity contribution in [1.82, 2.24) is 0 Å². The number of hydrogen-bond donors (Lipinski definition) is 2. The van der Waals surface area contributed by atoms with E-state index in [4.69, 9.17) is 14.2 Å². The monoisotopic (exact) mass is 424 g/mol. The minimum Gasteiger partial charge on any atom is -0.462 e. The van der Waals surface area contributed by atoms with Gasteiger partial charge in [-0.1, -0.05) is 34.3 Å². The quantitative estimate of drug-likeness (QED) is 0.395. The molecule has 3 aliphatic rings. The van der Waals surface area contributed by atoms with Crippen LogP contribution in [0.15, 0.2) is 12.2 Å². The second-order valence-electron chi connectivity index (χ2n) is 9.23. The van der Waals surface area contributed by atoms with Crippen LogP contribution in [0.1, 0.15) is 47.5 Å². The summed E-state index contributed by atoms with van der Waals surface area (Å²) in [7, 11) is 0. The molecule has 2 aliphatic carbocycles. The molecule has 2 saturated carbocycles. The summed E-state index contributed by atoms with van der Waals surface area (Å²) in [5.41, 5.74) is -0.977. The molecule has 2 N–H and O–H groups in total. The van der Waals surface area contributed by atoms with Crippen molar-refractivity contribution in [2.24, 2.45) is 29.1 Å². The summed E-state index contributed by atoms with van der Waals surface area (Å²) in [6, 6.07) is 0. The molecule has 0 spiro atoms. The number of esters is 3. The first kappa shape index (κ1) is 22.7. The van der Waals surface area contributed by atoms with Gasteiger partial charge >= 0.3 is 17.9 Å². The first-order valence-corrected chi connectivity index (χ1v) is 10.6. The van der Waals surface area contributed by atoms with Crippen molar-refractivity contribution >= 4 is 17.9 Å². The summed E-state index contributed by atoms with van der Waals surface area (Å²) >= 11 is 0. The molecule has 1 saturated heterocycles. The molecule has 3 fully saturated rings. The summed E-state index contributed by atoms with van der Waals surface area (Å²) in [4.78, 5) is 36.7. The Morgan fingerprint density at radius 3 is 2.53 bits per heavy atom. The van der Waals surface area contributed by atoms with E-state index in [1.54, 1.807) is 20.8 Å². The molecule has 8 heteroatoms. The van der Waals surface area contributed by atoms with Crippen LogP contribution in [0, 0.1) is 29.1 Å². The van der Waals surface area contributed by atoms with Gasteiger partial charge in [0.25, 0.3) is 0 Å². The van der Waals surface area contributed by atoms with Crippen LogP contribution in [0.3, 0.4) is 0 Å². The fraction of sp³-hybridized carbons (Fsp3) is 0.773. The van der Waals surface area contributed by atoms with Crippen molar-refractivity contribution in [3.8, 4) is 0 Å². The van der Waals surface area contributed by atoms with Crippen LogP contribution in [0.4, 0.5) is 0 Å². The van der Waals surface area contributed by atoms with Crippen molar-refractivity contribution in [3.63, 3.8) is 0 Å². The molecular formula is C22H32O8. The summed E-state index contributed by atoms with van der Waals surface area (Å²) in [6.07, 6.45) is -3.91. The van der Waals surface area contributed by atoms with Gasteiger partial charge in [-0.05, 0) is 12.3 Å². The third-order valence-electron chi connectivity index (χ3n) is 7.51. The Balaban J connectivity index is 2.08. The zero-order chi connectivity index (χ0) is 22.5. The lowest BCUT2D eigenvalue weighted by Crippen LogP contribution is -2.51. The summed E-state index contributed by atoms with van der Waals surface area (Å²) in [5, 5.41) is 22.2. The van der Waals surface area contributed by atoms with Crippen LogP contribution >= 0.6 is 0 Å². The van der Waals surface area contributed by atoms with E-state index in [-0.39, 0.29) is 23.9 Å². The van der Waals surface area contributed by atoms with E-state index in [0.717, 1.165) is 0 Å². The third-order valence-corrected chi connectivity index (χ3v) is 7.51. The van der Waals surface area contributed by atoms with E-state index in [1.807, 2.05) is 6.92 Å². The standard InChI is InChI=1S/C22H32O8/c1-7-9(2)20(26)29-13-8-14(24)22(6)16(13)11(4)17(25)18-15(10(3)21(27)30-18)19(22)28-12(5)23/h9,11,13-19,24-25H,3,7-8H2,1-2,4-6H3/t9-,11+,13+,14-,15-,16-,17-,18-,19-,22-/m1/s1. The molecule has 0 radical (unpaired) electrons. The Hall–Kier alpha value is -1.93. The molecule has 0 amide bonds. The Bertz CT molecular complexity index is 747. The first-order chi connectivity index (χ1) is 13.9. The van der Waals surface area contributed by atoms with Gasteiger partial charge in [0.2, 0.25) is 0 Å². The lowest BCUT2D eigenvalue weighted by molar-refractivity contribution is -0.172. The minimum atomic E-state index is -1.10. The zero-order valence-electron chi connectivity index (χ0n) is 18.2. The van der Waals surface area contributed by atoms with Crippen LogP contribution < -0.4 is 0 Å². The SMILES string of the molecule is C=C1C(=O)O[C@H]2[C@H](O)[C@@H](C)[C@@H]3[C@@H](OC(=O)[C@H](C)CC)C[C@@H](O)[C@@]3(C)[C@H](OC(C)=O)[C@H]12. The number of hydrogen-bond acceptors (Lipinski definition) is 8. The Morgan fingerprint density at radius 1 is 1.33 bits per heavy atom. The predicted molar refractivity (Wildman–Crippen MR) is 105 cm³/mol. The third kappa shape index (κ3) is 3.34. The average Bonchev–Trinajstić information content (AvgIpc) is 3.09. The molecule has 0 unspecified atom stereocenters. The van der Waals surface area contributed by atoms with Gasteiger partial charge in [-0.2, -0.15) is 0 Å². The maximum Gasteiger partial charge on any atom is 0.334 e. The van der Waals surface area contributed by atoms with Gasteiger partial charge in [0.1, 0.15) is 18.3 Å². The van der Waals surface area contributed by atoms with Gasteiger partial charge in [-0.15, -0.1) is 0 Å². The number of fused-ring (bicyclic) bond motifs is 2. The van der Waals surface area contributed by atoms with Crippen LogP contribution in [-0.2, 0) is 28.6 Å². The number of aliphatic hydroxyl groups excluding tert-OH is 2. The van der Waals surface area contributed by atoms with E-state index in [9.17, 15) is 24.6 Å². The van der Waals surface area contributed by atoms with Gasteiger partial charge in [0, 0.05) is 30.3 Å². The topological polar surface area (TPSA) is 119 Å². The van der Waals surface area contributed by atoms with Crippen LogP contribution in [0.2, 0.25) is 0 Å². The molecule has 0 aromatic rings. The van der Waals surface area contributed by atoms with Gasteiger partial charge in [0.15, 0.2) is 0 Å². The van der Waals surface area contributed by atoms with Crippen LogP contribution in [0.25, 0.3) is 0 Å².